The molecule has 0 atom stereocenters. The Morgan fingerprint density at radius 3 is 2.60 bits per heavy atom. The fraction of sp³-hybridized carbons (Fsp3) is 0.200. The highest BCUT2D eigenvalue weighted by Gasteiger charge is 2.24. The topological polar surface area (TPSA) is 101 Å². The standard InChI is InChI=1S/C15H15Cl2N3O4S/c1-25(23,24)20(18)15(22)10-3-2-6-19(8-10)9-14(21)12-5-4-11(16)7-13(12)17/h2,4-8H,3,9,18H2,1H3. The molecule has 1 aliphatic rings. The number of carbonyl (C=O) groups is 2. The molecule has 2 N–H and O–H groups in total. The average Bonchev–Trinajstić information content (AvgIpc) is 2.52. The monoisotopic (exact) mass is 403 g/mol. The van der Waals surface area contributed by atoms with Crippen molar-refractivity contribution < 1.29 is 18.0 Å². The second-order valence-corrected chi connectivity index (χ2v) is 8.03. The summed E-state index contributed by atoms with van der Waals surface area (Å²) in [6.07, 6.45) is 5.65. The number of amides is 1. The number of Topliss-reactive ketones (excluding diaryl/α,β-unsaturated/α-hetero) is 1. The lowest BCUT2D eigenvalue weighted by Crippen LogP contribution is -2.43. The van der Waals surface area contributed by atoms with Crippen LogP contribution in [0.4, 0.5) is 0 Å². The summed E-state index contributed by atoms with van der Waals surface area (Å²) < 4.78 is 22.9. The van der Waals surface area contributed by atoms with Crippen molar-refractivity contribution in [1.29, 1.82) is 0 Å². The lowest BCUT2D eigenvalue weighted by molar-refractivity contribution is -0.123. The molecule has 7 nitrogen and oxygen atoms in total. The molecule has 0 aromatic heterocycles. The number of hydrogen-bond donors (Lipinski definition) is 1. The molecule has 1 heterocycles. The predicted molar refractivity (Wildman–Crippen MR) is 95.2 cm³/mol. The fourth-order valence-corrected chi connectivity index (χ4v) is 3.04. The van der Waals surface area contributed by atoms with Gasteiger partial charge in [-0.15, -0.1) is 0 Å². The molecule has 0 saturated heterocycles. The fourth-order valence-electron chi connectivity index (χ4n) is 2.11. The first-order valence-corrected chi connectivity index (χ1v) is 9.60. The Hall–Kier alpha value is -1.87. The van der Waals surface area contributed by atoms with Crippen LogP contribution < -0.4 is 5.84 Å². The summed E-state index contributed by atoms with van der Waals surface area (Å²) in [6.45, 7) is -0.0852. The van der Waals surface area contributed by atoms with E-state index in [1.807, 2.05) is 0 Å². The van der Waals surface area contributed by atoms with E-state index in [4.69, 9.17) is 29.0 Å². The van der Waals surface area contributed by atoms with E-state index in [-0.39, 0.29) is 33.8 Å². The third-order valence-electron chi connectivity index (χ3n) is 3.35. The second kappa shape index (κ2) is 7.57. The van der Waals surface area contributed by atoms with Gasteiger partial charge in [0.2, 0.25) is 10.0 Å². The van der Waals surface area contributed by atoms with Gasteiger partial charge in [0.15, 0.2) is 5.78 Å². The molecule has 2 rings (SSSR count). The molecule has 1 aromatic rings. The van der Waals surface area contributed by atoms with Gasteiger partial charge in [-0.25, -0.2) is 14.3 Å². The van der Waals surface area contributed by atoms with Crippen molar-refractivity contribution in [3.63, 3.8) is 0 Å². The third kappa shape index (κ3) is 4.82. The Kier molecular flexibility index (Phi) is 5.89. The average molecular weight is 404 g/mol. The van der Waals surface area contributed by atoms with Crippen molar-refractivity contribution in [2.45, 2.75) is 6.42 Å². The van der Waals surface area contributed by atoms with E-state index >= 15 is 0 Å². The maximum Gasteiger partial charge on any atom is 0.279 e. The lowest BCUT2D eigenvalue weighted by Gasteiger charge is -2.22. The van der Waals surface area contributed by atoms with Crippen LogP contribution in [-0.2, 0) is 14.8 Å². The molecular formula is C15H15Cl2N3O4S. The minimum atomic E-state index is -3.86. The largest absolute Gasteiger partial charge is 0.346 e. The first-order valence-electron chi connectivity index (χ1n) is 7.00. The Morgan fingerprint density at radius 1 is 1.32 bits per heavy atom. The number of halogens is 2. The zero-order valence-electron chi connectivity index (χ0n) is 13.1. The summed E-state index contributed by atoms with van der Waals surface area (Å²) in [6, 6.07) is 4.53. The van der Waals surface area contributed by atoms with Gasteiger partial charge in [0.1, 0.15) is 0 Å². The summed E-state index contributed by atoms with van der Waals surface area (Å²) in [7, 11) is -3.86. The van der Waals surface area contributed by atoms with Gasteiger partial charge < -0.3 is 4.90 Å². The van der Waals surface area contributed by atoms with Crippen molar-refractivity contribution in [2.75, 3.05) is 12.8 Å². The third-order valence-corrected chi connectivity index (χ3v) is 4.77. The molecule has 0 aliphatic carbocycles. The number of benzene rings is 1. The molecule has 1 aliphatic heterocycles. The van der Waals surface area contributed by atoms with Gasteiger partial charge >= 0.3 is 0 Å². The van der Waals surface area contributed by atoms with Crippen LogP contribution >= 0.6 is 23.2 Å². The molecule has 25 heavy (non-hydrogen) atoms. The Bertz CT molecular complexity index is 881. The van der Waals surface area contributed by atoms with E-state index in [2.05, 4.69) is 0 Å². The predicted octanol–water partition coefficient (Wildman–Crippen LogP) is 1.94. The minimum Gasteiger partial charge on any atom is -0.346 e. The van der Waals surface area contributed by atoms with Crippen molar-refractivity contribution in [3.05, 3.63) is 57.9 Å². The van der Waals surface area contributed by atoms with E-state index in [0.717, 1.165) is 6.26 Å². The molecule has 1 amide bonds. The van der Waals surface area contributed by atoms with Crippen LogP contribution in [0.1, 0.15) is 16.8 Å². The van der Waals surface area contributed by atoms with Crippen molar-refractivity contribution >= 4 is 44.9 Å². The maximum atomic E-state index is 12.4. The van der Waals surface area contributed by atoms with Crippen LogP contribution in [0.15, 0.2) is 42.2 Å². The van der Waals surface area contributed by atoms with Crippen molar-refractivity contribution in [3.8, 4) is 0 Å². The molecule has 1 aromatic carbocycles. The molecule has 0 bridgehead atoms. The molecule has 0 saturated carbocycles. The van der Waals surface area contributed by atoms with E-state index in [0.29, 0.717) is 10.6 Å². The van der Waals surface area contributed by atoms with Gasteiger partial charge in [-0.2, -0.15) is 4.41 Å². The summed E-state index contributed by atoms with van der Waals surface area (Å²) in [5.74, 6) is 4.17. The summed E-state index contributed by atoms with van der Waals surface area (Å²) in [5.41, 5.74) is 0.438. The van der Waals surface area contributed by atoms with E-state index in [9.17, 15) is 18.0 Å². The number of nitrogens with zero attached hydrogens (tertiary/aromatic N) is 2. The van der Waals surface area contributed by atoms with E-state index in [1.165, 1.54) is 23.2 Å². The summed E-state index contributed by atoms with van der Waals surface area (Å²) in [4.78, 5) is 25.9. The lowest BCUT2D eigenvalue weighted by atomic mass is 10.1. The molecule has 0 spiro atoms. The highest BCUT2D eigenvalue weighted by atomic mass is 35.5. The first kappa shape index (κ1) is 19.5. The van der Waals surface area contributed by atoms with Crippen LogP contribution in [0.2, 0.25) is 10.0 Å². The number of nitrogens with two attached hydrogens (primary N) is 1. The summed E-state index contributed by atoms with van der Waals surface area (Å²) in [5, 5.41) is 0.639. The number of allylic oxidation sites excluding steroid dienone is 1. The Morgan fingerprint density at radius 2 is 2.00 bits per heavy atom. The number of hydrazine groups is 1. The highest BCUT2D eigenvalue weighted by Crippen LogP contribution is 2.22. The highest BCUT2D eigenvalue weighted by molar-refractivity contribution is 7.88. The van der Waals surface area contributed by atoms with Gasteiger partial charge in [-0.1, -0.05) is 29.3 Å². The number of rotatable bonds is 5. The molecule has 0 unspecified atom stereocenters. The van der Waals surface area contributed by atoms with Crippen LogP contribution in [-0.4, -0.2) is 42.2 Å². The molecule has 134 valence electrons. The quantitative estimate of drug-likeness (QED) is 0.348. The van der Waals surface area contributed by atoms with Crippen LogP contribution in [0.25, 0.3) is 0 Å². The second-order valence-electron chi connectivity index (χ2n) is 5.33. The van der Waals surface area contributed by atoms with Crippen LogP contribution in [0.3, 0.4) is 0 Å². The molecule has 10 heteroatoms. The SMILES string of the molecule is CS(=O)(=O)N(N)C(=O)C1=CN(CC(=O)c2ccc(Cl)cc2Cl)C=CC1. The van der Waals surface area contributed by atoms with Crippen molar-refractivity contribution in [2.24, 2.45) is 5.84 Å². The van der Waals surface area contributed by atoms with Gasteiger partial charge in [0.25, 0.3) is 5.91 Å². The smallest absolute Gasteiger partial charge is 0.279 e. The van der Waals surface area contributed by atoms with Crippen molar-refractivity contribution in [1.82, 2.24) is 9.31 Å². The summed E-state index contributed by atoms with van der Waals surface area (Å²) >= 11 is 11.8. The Labute approximate surface area is 155 Å². The van der Waals surface area contributed by atoms with Crippen LogP contribution in [0.5, 0.6) is 0 Å². The normalized spacial score (nSPS) is 14.2. The molecule has 0 fully saturated rings. The zero-order valence-corrected chi connectivity index (χ0v) is 15.5. The first-order chi connectivity index (χ1) is 11.6. The number of ketones is 1. The zero-order chi connectivity index (χ0) is 18.8. The molecule has 0 radical (unpaired) electrons. The molecular weight excluding hydrogens is 389 g/mol. The Balaban J connectivity index is 2.16. The number of hydrogen-bond acceptors (Lipinski definition) is 6. The maximum absolute atomic E-state index is 12.4. The van der Waals surface area contributed by atoms with E-state index in [1.54, 1.807) is 18.3 Å². The van der Waals surface area contributed by atoms with Gasteiger partial charge in [0, 0.05) is 28.6 Å². The van der Waals surface area contributed by atoms with Gasteiger partial charge in [-0.05, 0) is 24.6 Å². The van der Waals surface area contributed by atoms with Gasteiger partial charge in [-0.3, -0.25) is 9.59 Å². The number of sulfonamides is 1. The van der Waals surface area contributed by atoms with Crippen LogP contribution in [0, 0.1) is 0 Å². The van der Waals surface area contributed by atoms with E-state index < -0.39 is 15.9 Å². The number of carbonyl (C=O) groups excluding carboxylic acids is 2. The van der Waals surface area contributed by atoms with Gasteiger partial charge in [0.05, 0.1) is 17.8 Å². The minimum absolute atomic E-state index is 0.0852.